The van der Waals surface area contributed by atoms with Gasteiger partial charge in [-0.25, -0.2) is 4.98 Å². The summed E-state index contributed by atoms with van der Waals surface area (Å²) in [5.74, 6) is 1.12. The van der Waals surface area contributed by atoms with Gasteiger partial charge in [-0.05, 0) is 37.6 Å². The van der Waals surface area contributed by atoms with Gasteiger partial charge in [0.15, 0.2) is 0 Å². The average Bonchev–Trinajstić information content (AvgIpc) is 2.56. The molecule has 0 fully saturated rings. The van der Waals surface area contributed by atoms with Crippen LogP contribution >= 0.6 is 0 Å². The van der Waals surface area contributed by atoms with Gasteiger partial charge in [0.2, 0.25) is 0 Å². The summed E-state index contributed by atoms with van der Waals surface area (Å²) in [5.41, 5.74) is 1.14. The van der Waals surface area contributed by atoms with Gasteiger partial charge in [0.05, 0.1) is 24.6 Å². The van der Waals surface area contributed by atoms with Crippen LogP contribution in [0.2, 0.25) is 0 Å². The number of amides is 1. The Morgan fingerprint density at radius 2 is 2.05 bits per heavy atom. The van der Waals surface area contributed by atoms with Gasteiger partial charge < -0.3 is 15.4 Å². The number of rotatable bonds is 6. The average molecular weight is 299 g/mol. The molecule has 0 saturated heterocycles. The van der Waals surface area contributed by atoms with Crippen LogP contribution in [0.25, 0.3) is 0 Å². The van der Waals surface area contributed by atoms with Crippen LogP contribution < -0.4 is 15.4 Å². The number of para-hydroxylation sites is 1. The number of ether oxygens (including phenoxy) is 1. The summed E-state index contributed by atoms with van der Waals surface area (Å²) >= 11 is 0. The van der Waals surface area contributed by atoms with E-state index in [1.54, 1.807) is 31.5 Å². The van der Waals surface area contributed by atoms with Crippen LogP contribution in [-0.4, -0.2) is 24.0 Å². The molecule has 5 heteroatoms. The second-order valence-corrected chi connectivity index (χ2v) is 5.04. The second kappa shape index (κ2) is 7.45. The number of aromatic nitrogens is 1. The van der Waals surface area contributed by atoms with E-state index in [0.29, 0.717) is 23.0 Å². The molecular weight excluding hydrogens is 278 g/mol. The summed E-state index contributed by atoms with van der Waals surface area (Å²) < 4.78 is 5.19. The summed E-state index contributed by atoms with van der Waals surface area (Å²) in [7, 11) is 1.54. The number of benzene rings is 1. The van der Waals surface area contributed by atoms with Crippen molar-refractivity contribution in [1.82, 2.24) is 4.98 Å². The van der Waals surface area contributed by atoms with Gasteiger partial charge >= 0.3 is 0 Å². The first-order valence-electron chi connectivity index (χ1n) is 7.31. The summed E-state index contributed by atoms with van der Waals surface area (Å²) in [6.07, 6.45) is 2.66. The highest BCUT2D eigenvalue weighted by Crippen LogP contribution is 2.19. The molecule has 1 aromatic carbocycles. The molecule has 0 spiro atoms. The Morgan fingerprint density at radius 3 is 2.68 bits per heavy atom. The first-order chi connectivity index (χ1) is 10.6. The van der Waals surface area contributed by atoms with Gasteiger partial charge in [0.25, 0.3) is 5.91 Å². The zero-order valence-electron chi connectivity index (χ0n) is 13.1. The van der Waals surface area contributed by atoms with E-state index in [-0.39, 0.29) is 5.91 Å². The number of hydrogen-bond acceptors (Lipinski definition) is 4. The van der Waals surface area contributed by atoms with E-state index in [4.69, 9.17) is 4.74 Å². The highest BCUT2D eigenvalue weighted by atomic mass is 16.5. The molecule has 0 bridgehead atoms. The molecule has 2 aromatic rings. The SMILES string of the molecule is CCC(C)Nc1ccc(NC(=O)c2ccccc2OC)cn1. The third-order valence-electron chi connectivity index (χ3n) is 3.38. The topological polar surface area (TPSA) is 63.2 Å². The Morgan fingerprint density at radius 1 is 1.27 bits per heavy atom. The fourth-order valence-corrected chi connectivity index (χ4v) is 1.94. The minimum Gasteiger partial charge on any atom is -0.496 e. The number of hydrogen-bond donors (Lipinski definition) is 2. The fourth-order valence-electron chi connectivity index (χ4n) is 1.94. The zero-order chi connectivity index (χ0) is 15.9. The lowest BCUT2D eigenvalue weighted by molar-refractivity contribution is 0.102. The molecule has 0 aliphatic carbocycles. The molecule has 1 aromatic heterocycles. The van der Waals surface area contributed by atoms with Gasteiger partial charge in [-0.3, -0.25) is 4.79 Å². The van der Waals surface area contributed by atoms with Crippen molar-refractivity contribution in [2.45, 2.75) is 26.3 Å². The Bertz CT molecular complexity index is 626. The molecule has 5 nitrogen and oxygen atoms in total. The highest BCUT2D eigenvalue weighted by molar-refractivity contribution is 6.06. The molecule has 0 radical (unpaired) electrons. The molecule has 22 heavy (non-hydrogen) atoms. The van der Waals surface area contributed by atoms with E-state index >= 15 is 0 Å². The Kier molecular flexibility index (Phi) is 5.36. The highest BCUT2D eigenvalue weighted by Gasteiger charge is 2.11. The van der Waals surface area contributed by atoms with E-state index in [1.807, 2.05) is 18.2 Å². The molecular formula is C17H21N3O2. The number of carbonyl (C=O) groups excluding carboxylic acids is 1. The third-order valence-corrected chi connectivity index (χ3v) is 3.38. The summed E-state index contributed by atoms with van der Waals surface area (Å²) in [6.45, 7) is 4.21. The number of carbonyl (C=O) groups is 1. The van der Waals surface area contributed by atoms with Crippen molar-refractivity contribution in [1.29, 1.82) is 0 Å². The van der Waals surface area contributed by atoms with Crippen molar-refractivity contribution < 1.29 is 9.53 Å². The fraction of sp³-hybridized carbons (Fsp3) is 0.294. The molecule has 1 unspecified atom stereocenters. The third kappa shape index (κ3) is 3.97. The summed E-state index contributed by atoms with van der Waals surface area (Å²) in [6, 6.07) is 11.1. The van der Waals surface area contributed by atoms with Crippen molar-refractivity contribution in [2.75, 3.05) is 17.7 Å². The smallest absolute Gasteiger partial charge is 0.259 e. The monoisotopic (exact) mass is 299 g/mol. The lowest BCUT2D eigenvalue weighted by atomic mass is 10.2. The van der Waals surface area contributed by atoms with Crippen LogP contribution in [0.1, 0.15) is 30.6 Å². The maximum Gasteiger partial charge on any atom is 0.259 e. The molecule has 2 rings (SSSR count). The number of nitrogens with one attached hydrogen (secondary N) is 2. The lowest BCUT2D eigenvalue weighted by Gasteiger charge is -2.13. The quantitative estimate of drug-likeness (QED) is 0.856. The van der Waals surface area contributed by atoms with Crippen molar-refractivity contribution in [3.8, 4) is 5.75 Å². The van der Waals surface area contributed by atoms with Crippen molar-refractivity contribution in [3.63, 3.8) is 0 Å². The molecule has 116 valence electrons. The molecule has 2 N–H and O–H groups in total. The molecule has 1 amide bonds. The van der Waals surface area contributed by atoms with E-state index < -0.39 is 0 Å². The van der Waals surface area contributed by atoms with E-state index in [0.717, 1.165) is 12.2 Å². The van der Waals surface area contributed by atoms with Crippen LogP contribution in [0.4, 0.5) is 11.5 Å². The maximum absolute atomic E-state index is 12.3. The minimum absolute atomic E-state index is 0.220. The standard InChI is InChI=1S/C17H21N3O2/c1-4-12(2)19-16-10-9-13(11-18-16)20-17(21)14-7-5-6-8-15(14)22-3/h5-12H,4H2,1-3H3,(H,18,19)(H,20,21). The Balaban J connectivity index is 2.06. The van der Waals surface area contributed by atoms with Crippen LogP contribution in [0.5, 0.6) is 5.75 Å². The largest absolute Gasteiger partial charge is 0.496 e. The Labute approximate surface area is 130 Å². The molecule has 1 heterocycles. The molecule has 0 aliphatic rings. The van der Waals surface area contributed by atoms with E-state index in [1.165, 1.54) is 0 Å². The van der Waals surface area contributed by atoms with Crippen molar-refractivity contribution in [2.24, 2.45) is 0 Å². The zero-order valence-corrected chi connectivity index (χ0v) is 13.1. The minimum atomic E-state index is -0.220. The molecule has 1 atom stereocenters. The summed E-state index contributed by atoms with van der Waals surface area (Å²) in [5, 5.41) is 6.10. The number of methoxy groups -OCH3 is 1. The number of anilines is 2. The van der Waals surface area contributed by atoms with Crippen LogP contribution in [0.15, 0.2) is 42.6 Å². The first kappa shape index (κ1) is 15.8. The van der Waals surface area contributed by atoms with Crippen molar-refractivity contribution in [3.05, 3.63) is 48.2 Å². The lowest BCUT2D eigenvalue weighted by Crippen LogP contribution is -2.15. The van der Waals surface area contributed by atoms with Gasteiger partial charge in [-0.15, -0.1) is 0 Å². The normalized spacial score (nSPS) is 11.6. The number of nitrogens with zero attached hydrogens (tertiary/aromatic N) is 1. The molecule has 0 saturated carbocycles. The van der Waals surface area contributed by atoms with Gasteiger partial charge in [0, 0.05) is 6.04 Å². The van der Waals surface area contributed by atoms with Crippen LogP contribution in [-0.2, 0) is 0 Å². The van der Waals surface area contributed by atoms with E-state index in [9.17, 15) is 4.79 Å². The van der Waals surface area contributed by atoms with E-state index in [2.05, 4.69) is 29.5 Å². The second-order valence-electron chi connectivity index (χ2n) is 5.04. The van der Waals surface area contributed by atoms with Crippen LogP contribution in [0, 0.1) is 0 Å². The molecule has 0 aliphatic heterocycles. The number of pyridine rings is 1. The predicted molar refractivity (Wildman–Crippen MR) is 88.6 cm³/mol. The summed E-state index contributed by atoms with van der Waals surface area (Å²) in [4.78, 5) is 16.6. The first-order valence-corrected chi connectivity index (χ1v) is 7.31. The van der Waals surface area contributed by atoms with Gasteiger partial charge in [-0.1, -0.05) is 19.1 Å². The van der Waals surface area contributed by atoms with Gasteiger partial charge in [0.1, 0.15) is 11.6 Å². The van der Waals surface area contributed by atoms with Crippen molar-refractivity contribution >= 4 is 17.4 Å². The Hall–Kier alpha value is -2.56. The van der Waals surface area contributed by atoms with Gasteiger partial charge in [-0.2, -0.15) is 0 Å². The van der Waals surface area contributed by atoms with Crippen LogP contribution in [0.3, 0.4) is 0 Å². The maximum atomic E-state index is 12.3. The predicted octanol–water partition coefficient (Wildman–Crippen LogP) is 3.55.